The number of aliphatic hydroxyl groups excluding tert-OH is 1. The zero-order valence-corrected chi connectivity index (χ0v) is 10.4. The van der Waals surface area contributed by atoms with Crippen LogP contribution in [-0.4, -0.2) is 11.7 Å². The van der Waals surface area contributed by atoms with E-state index in [4.69, 9.17) is 0 Å². The molecule has 0 spiro atoms. The van der Waals surface area contributed by atoms with Gasteiger partial charge in [-0.2, -0.15) is 0 Å². The van der Waals surface area contributed by atoms with Gasteiger partial charge in [-0.15, -0.1) is 0 Å². The second kappa shape index (κ2) is 5.15. The maximum atomic E-state index is 9.22. The molecule has 0 radical (unpaired) electrons. The fourth-order valence-electron chi connectivity index (χ4n) is 1.98. The summed E-state index contributed by atoms with van der Waals surface area (Å²) < 4.78 is 0. The number of benzene rings is 2. The SMILES string of the molecule is Cc1ccc(C(C)CO)cc1-c1ccccc1. The molecule has 1 unspecified atom stereocenters. The maximum Gasteiger partial charge on any atom is 0.0497 e. The van der Waals surface area contributed by atoms with Gasteiger partial charge >= 0.3 is 0 Å². The molecule has 0 aliphatic carbocycles. The molecule has 0 saturated carbocycles. The Bertz CT molecular complexity index is 488. The summed E-state index contributed by atoms with van der Waals surface area (Å²) in [4.78, 5) is 0. The molecule has 1 nitrogen and oxygen atoms in total. The van der Waals surface area contributed by atoms with Crippen LogP contribution in [0.4, 0.5) is 0 Å². The molecule has 17 heavy (non-hydrogen) atoms. The van der Waals surface area contributed by atoms with Crippen LogP contribution in [0.1, 0.15) is 24.0 Å². The Morgan fingerprint density at radius 1 is 1.06 bits per heavy atom. The summed E-state index contributed by atoms with van der Waals surface area (Å²) in [5, 5.41) is 9.22. The van der Waals surface area contributed by atoms with Gasteiger partial charge in [-0.1, -0.05) is 55.5 Å². The highest BCUT2D eigenvalue weighted by molar-refractivity contribution is 5.68. The van der Waals surface area contributed by atoms with Crippen LogP contribution in [0.15, 0.2) is 48.5 Å². The molecule has 88 valence electrons. The Morgan fingerprint density at radius 2 is 1.76 bits per heavy atom. The van der Waals surface area contributed by atoms with Gasteiger partial charge in [-0.25, -0.2) is 0 Å². The molecule has 1 heteroatoms. The molecule has 0 aliphatic heterocycles. The van der Waals surface area contributed by atoms with E-state index < -0.39 is 0 Å². The fraction of sp³-hybridized carbons (Fsp3) is 0.250. The van der Waals surface area contributed by atoms with Crippen LogP contribution in [0.2, 0.25) is 0 Å². The number of hydrogen-bond donors (Lipinski definition) is 1. The first-order valence-corrected chi connectivity index (χ1v) is 5.99. The maximum absolute atomic E-state index is 9.22. The first kappa shape index (κ1) is 11.9. The van der Waals surface area contributed by atoms with Crippen LogP contribution >= 0.6 is 0 Å². The first-order chi connectivity index (χ1) is 8.22. The highest BCUT2D eigenvalue weighted by atomic mass is 16.3. The summed E-state index contributed by atoms with van der Waals surface area (Å²) in [5.41, 5.74) is 4.95. The van der Waals surface area contributed by atoms with Crippen molar-refractivity contribution >= 4 is 0 Å². The van der Waals surface area contributed by atoms with Gasteiger partial charge in [0.15, 0.2) is 0 Å². The summed E-state index contributed by atoms with van der Waals surface area (Å²) in [7, 11) is 0. The van der Waals surface area contributed by atoms with Gasteiger partial charge < -0.3 is 5.11 Å². The minimum Gasteiger partial charge on any atom is -0.396 e. The van der Waals surface area contributed by atoms with E-state index in [0.717, 1.165) is 0 Å². The zero-order valence-electron chi connectivity index (χ0n) is 10.4. The van der Waals surface area contributed by atoms with E-state index in [1.807, 2.05) is 13.0 Å². The van der Waals surface area contributed by atoms with Gasteiger partial charge in [0, 0.05) is 12.5 Å². The van der Waals surface area contributed by atoms with E-state index in [1.165, 1.54) is 22.3 Å². The van der Waals surface area contributed by atoms with Crippen molar-refractivity contribution < 1.29 is 5.11 Å². The van der Waals surface area contributed by atoms with E-state index in [9.17, 15) is 5.11 Å². The van der Waals surface area contributed by atoms with Gasteiger partial charge in [0.2, 0.25) is 0 Å². The molecular weight excluding hydrogens is 208 g/mol. The predicted molar refractivity (Wildman–Crippen MR) is 72.1 cm³/mol. The number of aryl methyl sites for hydroxylation is 1. The molecule has 0 heterocycles. The summed E-state index contributed by atoms with van der Waals surface area (Å²) in [5.74, 6) is 0.193. The molecular formula is C16H18O. The third kappa shape index (κ3) is 2.56. The van der Waals surface area contributed by atoms with Crippen molar-refractivity contribution in [3.8, 4) is 11.1 Å². The normalized spacial score (nSPS) is 12.4. The summed E-state index contributed by atoms with van der Waals surface area (Å²) >= 11 is 0. The molecule has 0 amide bonds. The van der Waals surface area contributed by atoms with Crippen LogP contribution in [-0.2, 0) is 0 Å². The van der Waals surface area contributed by atoms with Gasteiger partial charge in [-0.3, -0.25) is 0 Å². The van der Waals surface area contributed by atoms with Gasteiger partial charge in [-0.05, 0) is 29.2 Å². The van der Waals surface area contributed by atoms with Crippen molar-refractivity contribution in [3.05, 3.63) is 59.7 Å². The van der Waals surface area contributed by atoms with Crippen LogP contribution in [0, 0.1) is 6.92 Å². The number of rotatable bonds is 3. The number of aliphatic hydroxyl groups is 1. The van der Waals surface area contributed by atoms with Crippen molar-refractivity contribution in [2.75, 3.05) is 6.61 Å². The van der Waals surface area contributed by atoms with Crippen molar-refractivity contribution in [2.24, 2.45) is 0 Å². The monoisotopic (exact) mass is 226 g/mol. The molecule has 0 aromatic heterocycles. The Kier molecular flexibility index (Phi) is 3.60. The Morgan fingerprint density at radius 3 is 2.41 bits per heavy atom. The van der Waals surface area contributed by atoms with Crippen LogP contribution in [0.5, 0.6) is 0 Å². The van der Waals surface area contributed by atoms with Crippen LogP contribution in [0.3, 0.4) is 0 Å². The van der Waals surface area contributed by atoms with E-state index >= 15 is 0 Å². The molecule has 0 aliphatic rings. The highest BCUT2D eigenvalue weighted by Crippen LogP contribution is 2.27. The lowest BCUT2D eigenvalue weighted by Gasteiger charge is -2.13. The van der Waals surface area contributed by atoms with Crippen LogP contribution < -0.4 is 0 Å². The minimum atomic E-state index is 0.192. The third-order valence-corrected chi connectivity index (χ3v) is 3.19. The lowest BCUT2D eigenvalue weighted by atomic mass is 9.93. The molecule has 2 aromatic carbocycles. The van der Waals surface area contributed by atoms with Crippen molar-refractivity contribution in [1.29, 1.82) is 0 Å². The smallest absolute Gasteiger partial charge is 0.0497 e. The molecule has 0 bridgehead atoms. The topological polar surface area (TPSA) is 20.2 Å². The van der Waals surface area contributed by atoms with E-state index in [1.54, 1.807) is 0 Å². The second-order valence-corrected chi connectivity index (χ2v) is 4.52. The van der Waals surface area contributed by atoms with Crippen molar-refractivity contribution in [3.63, 3.8) is 0 Å². The van der Waals surface area contributed by atoms with Crippen molar-refractivity contribution in [2.45, 2.75) is 19.8 Å². The molecule has 1 atom stereocenters. The molecule has 0 saturated heterocycles. The van der Waals surface area contributed by atoms with Gasteiger partial charge in [0.25, 0.3) is 0 Å². The summed E-state index contributed by atoms with van der Waals surface area (Å²) in [6, 6.07) is 16.8. The largest absolute Gasteiger partial charge is 0.396 e. The molecule has 0 fully saturated rings. The highest BCUT2D eigenvalue weighted by Gasteiger charge is 2.07. The minimum absolute atomic E-state index is 0.192. The lowest BCUT2D eigenvalue weighted by molar-refractivity contribution is 0.273. The second-order valence-electron chi connectivity index (χ2n) is 4.52. The van der Waals surface area contributed by atoms with E-state index in [-0.39, 0.29) is 12.5 Å². The number of hydrogen-bond acceptors (Lipinski definition) is 1. The zero-order chi connectivity index (χ0) is 12.3. The van der Waals surface area contributed by atoms with E-state index in [0.29, 0.717) is 0 Å². The molecule has 1 N–H and O–H groups in total. The average molecular weight is 226 g/mol. The average Bonchev–Trinajstić information content (AvgIpc) is 2.39. The Balaban J connectivity index is 2.47. The Labute approximate surface area is 103 Å². The molecule has 2 rings (SSSR count). The van der Waals surface area contributed by atoms with Crippen LogP contribution in [0.25, 0.3) is 11.1 Å². The van der Waals surface area contributed by atoms with Gasteiger partial charge in [0.05, 0.1) is 0 Å². The molecule has 2 aromatic rings. The Hall–Kier alpha value is -1.60. The lowest BCUT2D eigenvalue weighted by Crippen LogP contribution is -1.99. The van der Waals surface area contributed by atoms with Crippen molar-refractivity contribution in [1.82, 2.24) is 0 Å². The first-order valence-electron chi connectivity index (χ1n) is 5.99. The fourth-order valence-corrected chi connectivity index (χ4v) is 1.98. The van der Waals surface area contributed by atoms with Gasteiger partial charge in [0.1, 0.15) is 0 Å². The quantitative estimate of drug-likeness (QED) is 0.845. The van der Waals surface area contributed by atoms with E-state index in [2.05, 4.69) is 49.4 Å². The summed E-state index contributed by atoms with van der Waals surface area (Å²) in [6.07, 6.45) is 0. The third-order valence-electron chi connectivity index (χ3n) is 3.19. The summed E-state index contributed by atoms with van der Waals surface area (Å²) in [6.45, 7) is 4.35. The standard InChI is InChI=1S/C16H18O/c1-12-8-9-15(13(2)11-17)10-16(12)14-6-4-3-5-7-14/h3-10,13,17H,11H2,1-2H3. The predicted octanol–water partition coefficient (Wildman–Crippen LogP) is 3.76.